The molecule has 2 saturated heterocycles. The molecule has 0 radical (unpaired) electrons. The molecular formula is C18H20N4O3. The van der Waals surface area contributed by atoms with Crippen molar-refractivity contribution in [2.45, 2.75) is 31.2 Å². The number of aromatic amines is 1. The molecule has 1 unspecified atom stereocenters. The minimum absolute atomic E-state index is 0.0390. The van der Waals surface area contributed by atoms with E-state index in [1.807, 2.05) is 0 Å². The van der Waals surface area contributed by atoms with Gasteiger partial charge in [0.05, 0.1) is 5.69 Å². The maximum Gasteiger partial charge on any atom is 0.272 e. The summed E-state index contributed by atoms with van der Waals surface area (Å²) in [6.07, 6.45) is 3.14. The van der Waals surface area contributed by atoms with Gasteiger partial charge in [-0.05, 0) is 56.0 Å². The van der Waals surface area contributed by atoms with Crippen molar-refractivity contribution in [3.05, 3.63) is 36.0 Å². The van der Waals surface area contributed by atoms with Crippen LogP contribution in [0, 0.1) is 0 Å². The second kappa shape index (κ2) is 5.91. The molecule has 1 atom stereocenters. The molecule has 7 nitrogen and oxygen atoms in total. The lowest BCUT2D eigenvalue weighted by molar-refractivity contribution is -0.133. The van der Waals surface area contributed by atoms with Gasteiger partial charge in [-0.1, -0.05) is 0 Å². The van der Waals surface area contributed by atoms with E-state index in [-0.39, 0.29) is 17.6 Å². The number of aromatic hydroxyl groups is 1. The number of carbonyl (C=O) groups is 2. The number of hydrogen-bond acceptors (Lipinski definition) is 4. The number of amides is 2. The molecule has 1 aromatic carbocycles. The number of benzene rings is 1. The van der Waals surface area contributed by atoms with Crippen LogP contribution in [0.5, 0.6) is 5.75 Å². The normalized spacial score (nSPS) is 23.0. The Bertz CT molecular complexity index is 814. The predicted octanol–water partition coefficient (Wildman–Crippen LogP) is 1.67. The van der Waals surface area contributed by atoms with Crippen molar-refractivity contribution in [1.29, 1.82) is 0 Å². The Balaban J connectivity index is 1.61. The fraction of sp³-hybridized carbons (Fsp3) is 0.389. The molecule has 130 valence electrons. The highest BCUT2D eigenvalue weighted by molar-refractivity contribution is 5.99. The Morgan fingerprint density at radius 3 is 2.72 bits per heavy atom. The van der Waals surface area contributed by atoms with Gasteiger partial charge in [0.2, 0.25) is 5.91 Å². The third-order valence-corrected chi connectivity index (χ3v) is 5.18. The van der Waals surface area contributed by atoms with Gasteiger partial charge in [-0.2, -0.15) is 5.10 Å². The lowest BCUT2D eigenvalue weighted by Crippen LogP contribution is -2.60. The van der Waals surface area contributed by atoms with Crippen LogP contribution in [0.3, 0.4) is 0 Å². The summed E-state index contributed by atoms with van der Waals surface area (Å²) < 4.78 is 0. The predicted molar refractivity (Wildman–Crippen MR) is 90.9 cm³/mol. The van der Waals surface area contributed by atoms with Crippen molar-refractivity contribution >= 4 is 11.8 Å². The summed E-state index contributed by atoms with van der Waals surface area (Å²) in [5.41, 5.74) is 1.10. The van der Waals surface area contributed by atoms with Crippen LogP contribution in [-0.2, 0) is 4.79 Å². The first-order chi connectivity index (χ1) is 12.1. The molecular weight excluding hydrogens is 320 g/mol. The highest BCUT2D eigenvalue weighted by atomic mass is 16.3. The van der Waals surface area contributed by atoms with Gasteiger partial charge in [0.15, 0.2) is 0 Å². The zero-order chi connectivity index (χ0) is 17.4. The van der Waals surface area contributed by atoms with E-state index in [1.165, 1.54) is 0 Å². The largest absolute Gasteiger partial charge is 0.508 e. The molecule has 1 aromatic heterocycles. The van der Waals surface area contributed by atoms with Gasteiger partial charge in [-0.3, -0.25) is 14.7 Å². The number of carbonyl (C=O) groups excluding carboxylic acids is 2. The maximum absolute atomic E-state index is 13.0. The molecule has 2 aliphatic heterocycles. The fourth-order valence-electron chi connectivity index (χ4n) is 3.89. The number of hydrogen-bond donors (Lipinski definition) is 3. The first-order valence-corrected chi connectivity index (χ1v) is 8.55. The van der Waals surface area contributed by atoms with Gasteiger partial charge in [0.1, 0.15) is 17.0 Å². The Morgan fingerprint density at radius 2 is 1.96 bits per heavy atom. The number of phenolic OH excluding ortho intramolecular Hbond substituents is 1. The molecule has 7 heteroatoms. The van der Waals surface area contributed by atoms with Gasteiger partial charge in [-0.15, -0.1) is 0 Å². The number of nitrogens with zero attached hydrogens (tertiary/aromatic N) is 2. The van der Waals surface area contributed by atoms with E-state index in [4.69, 9.17) is 0 Å². The van der Waals surface area contributed by atoms with Gasteiger partial charge in [0.25, 0.3) is 5.91 Å². The third kappa shape index (κ3) is 2.56. The van der Waals surface area contributed by atoms with E-state index >= 15 is 0 Å². The summed E-state index contributed by atoms with van der Waals surface area (Å²) in [4.78, 5) is 27.2. The third-order valence-electron chi connectivity index (χ3n) is 5.18. The molecule has 2 fully saturated rings. The number of phenols is 1. The molecule has 0 saturated carbocycles. The van der Waals surface area contributed by atoms with Crippen LogP contribution in [-0.4, -0.2) is 50.6 Å². The van der Waals surface area contributed by atoms with Gasteiger partial charge < -0.3 is 15.3 Å². The first-order valence-electron chi connectivity index (χ1n) is 8.55. The molecule has 2 amide bonds. The molecule has 3 N–H and O–H groups in total. The molecule has 2 aromatic rings. The van der Waals surface area contributed by atoms with E-state index in [9.17, 15) is 14.7 Å². The van der Waals surface area contributed by atoms with Gasteiger partial charge >= 0.3 is 0 Å². The molecule has 4 rings (SSSR count). The Labute approximate surface area is 145 Å². The zero-order valence-electron chi connectivity index (χ0n) is 13.8. The Kier molecular flexibility index (Phi) is 3.71. The number of aromatic nitrogens is 2. The van der Waals surface area contributed by atoms with E-state index < -0.39 is 5.54 Å². The van der Waals surface area contributed by atoms with Gasteiger partial charge in [0, 0.05) is 18.7 Å². The number of piperidine rings is 1. The van der Waals surface area contributed by atoms with Crippen LogP contribution in [0.1, 0.15) is 36.2 Å². The molecule has 0 bridgehead atoms. The van der Waals surface area contributed by atoms with Crippen LogP contribution >= 0.6 is 0 Å². The van der Waals surface area contributed by atoms with Gasteiger partial charge in [-0.25, -0.2) is 0 Å². The van der Waals surface area contributed by atoms with Crippen molar-refractivity contribution in [3.63, 3.8) is 0 Å². The van der Waals surface area contributed by atoms with E-state index in [0.717, 1.165) is 18.4 Å². The highest BCUT2D eigenvalue weighted by Crippen LogP contribution is 2.36. The van der Waals surface area contributed by atoms with E-state index in [2.05, 4.69) is 15.5 Å². The summed E-state index contributed by atoms with van der Waals surface area (Å²) in [6.45, 7) is 1.26. The van der Waals surface area contributed by atoms with Crippen LogP contribution in [0.25, 0.3) is 11.3 Å². The van der Waals surface area contributed by atoms with Crippen LogP contribution in [0.15, 0.2) is 30.3 Å². The number of likely N-dealkylation sites (tertiary alicyclic amines) is 1. The molecule has 2 aliphatic rings. The van der Waals surface area contributed by atoms with E-state index in [0.29, 0.717) is 37.3 Å². The summed E-state index contributed by atoms with van der Waals surface area (Å²) in [7, 11) is 0. The molecule has 3 heterocycles. The number of rotatable bonds is 2. The van der Waals surface area contributed by atoms with Crippen LogP contribution in [0.2, 0.25) is 0 Å². The number of nitrogens with one attached hydrogen (secondary N) is 2. The summed E-state index contributed by atoms with van der Waals surface area (Å²) in [5.74, 6) is -0.0483. The Hall–Kier alpha value is -2.83. The summed E-state index contributed by atoms with van der Waals surface area (Å²) >= 11 is 0. The quantitative estimate of drug-likeness (QED) is 0.774. The highest BCUT2D eigenvalue weighted by Gasteiger charge is 2.50. The fourth-order valence-corrected chi connectivity index (χ4v) is 3.89. The lowest BCUT2D eigenvalue weighted by atomic mass is 9.86. The maximum atomic E-state index is 13.0. The monoisotopic (exact) mass is 340 g/mol. The van der Waals surface area contributed by atoms with Crippen molar-refractivity contribution in [2.75, 3.05) is 13.1 Å². The average Bonchev–Trinajstić information content (AvgIpc) is 3.26. The summed E-state index contributed by atoms with van der Waals surface area (Å²) in [6, 6.07) is 8.33. The second-order valence-electron chi connectivity index (χ2n) is 6.67. The zero-order valence-corrected chi connectivity index (χ0v) is 13.8. The molecule has 0 aliphatic carbocycles. The smallest absolute Gasteiger partial charge is 0.272 e. The summed E-state index contributed by atoms with van der Waals surface area (Å²) in [5, 5.41) is 19.3. The Morgan fingerprint density at radius 1 is 1.20 bits per heavy atom. The van der Waals surface area contributed by atoms with Crippen LogP contribution in [0.4, 0.5) is 0 Å². The SMILES string of the molecule is O=C(c1cc(-c2ccc(O)cc2)n[nH]1)N1CCCC12CCCNC2=O. The lowest BCUT2D eigenvalue weighted by Gasteiger charge is -2.39. The topological polar surface area (TPSA) is 98.3 Å². The van der Waals surface area contributed by atoms with Crippen molar-refractivity contribution in [2.24, 2.45) is 0 Å². The van der Waals surface area contributed by atoms with Crippen molar-refractivity contribution < 1.29 is 14.7 Å². The molecule has 25 heavy (non-hydrogen) atoms. The minimum Gasteiger partial charge on any atom is -0.508 e. The van der Waals surface area contributed by atoms with E-state index in [1.54, 1.807) is 35.2 Å². The average molecular weight is 340 g/mol. The second-order valence-corrected chi connectivity index (χ2v) is 6.67. The number of H-pyrrole nitrogens is 1. The minimum atomic E-state index is -0.709. The van der Waals surface area contributed by atoms with Crippen LogP contribution < -0.4 is 5.32 Å². The standard InChI is InChI=1S/C18H20N4O3/c23-13-5-3-12(4-6-13)14-11-15(21-20-14)16(24)22-10-2-8-18(22)7-1-9-19-17(18)25/h3-6,11,23H,1-2,7-10H2,(H,19,25)(H,20,21). The van der Waals surface area contributed by atoms with Crippen molar-refractivity contribution in [3.8, 4) is 17.0 Å². The van der Waals surface area contributed by atoms with Crippen molar-refractivity contribution in [1.82, 2.24) is 20.4 Å². The molecule has 1 spiro atoms. The first kappa shape index (κ1) is 15.7.